The molecule has 0 aliphatic carbocycles. The number of aromatic nitrogens is 1. The van der Waals surface area contributed by atoms with E-state index in [1.165, 1.54) is 0 Å². The fraction of sp³-hybridized carbons (Fsp3) is 0.357. The van der Waals surface area contributed by atoms with Crippen LogP contribution in [0.3, 0.4) is 0 Å². The first kappa shape index (κ1) is 13.0. The smallest absolute Gasteiger partial charge is 0.104 e. The number of fused-ring (bicyclic) bond motifs is 1. The third kappa shape index (κ3) is 3.04. The molecule has 1 N–H and O–H groups in total. The lowest BCUT2D eigenvalue weighted by atomic mass is 10.0. The molecule has 0 bridgehead atoms. The molecule has 1 heterocycles. The number of aliphatic hydroxyl groups is 1. The van der Waals surface area contributed by atoms with E-state index in [0.29, 0.717) is 13.2 Å². The normalized spacial score (nSPS) is 12.8. The van der Waals surface area contributed by atoms with Gasteiger partial charge in [-0.25, -0.2) is 0 Å². The van der Waals surface area contributed by atoms with Crippen molar-refractivity contribution in [2.24, 2.45) is 0 Å². The lowest BCUT2D eigenvalue weighted by Gasteiger charge is -2.13. The van der Waals surface area contributed by atoms with Gasteiger partial charge in [-0.1, -0.05) is 24.3 Å². The van der Waals surface area contributed by atoms with Crippen LogP contribution in [-0.4, -0.2) is 37.0 Å². The quantitative estimate of drug-likeness (QED) is 0.792. The maximum atomic E-state index is 10.1. The zero-order valence-corrected chi connectivity index (χ0v) is 10.4. The molecular formula is C14H17NO3. The zero-order valence-electron chi connectivity index (χ0n) is 10.4. The van der Waals surface area contributed by atoms with Crippen LogP contribution in [0.25, 0.3) is 10.8 Å². The summed E-state index contributed by atoms with van der Waals surface area (Å²) in [6.07, 6.45) is 2.81. The van der Waals surface area contributed by atoms with E-state index >= 15 is 0 Å². The highest BCUT2D eigenvalue weighted by atomic mass is 16.5. The van der Waals surface area contributed by atoms with Gasteiger partial charge in [0.05, 0.1) is 19.8 Å². The summed E-state index contributed by atoms with van der Waals surface area (Å²) >= 11 is 0. The Labute approximate surface area is 106 Å². The highest BCUT2D eigenvalue weighted by Crippen LogP contribution is 2.23. The molecule has 0 fully saturated rings. The van der Waals surface area contributed by atoms with Gasteiger partial charge >= 0.3 is 0 Å². The second-order valence-corrected chi connectivity index (χ2v) is 4.03. The number of hydrogen-bond donors (Lipinski definition) is 1. The minimum Gasteiger partial charge on any atom is -0.386 e. The number of ether oxygens (including phenoxy) is 2. The van der Waals surface area contributed by atoms with Crippen molar-refractivity contribution in [2.75, 3.05) is 26.9 Å². The summed E-state index contributed by atoms with van der Waals surface area (Å²) in [6, 6.07) is 7.86. The molecule has 2 aromatic rings. The molecule has 0 aliphatic rings. The van der Waals surface area contributed by atoms with Gasteiger partial charge in [0.25, 0.3) is 0 Å². The zero-order chi connectivity index (χ0) is 12.8. The number of aliphatic hydroxyl groups excluding tert-OH is 1. The number of nitrogens with zero attached hydrogens (tertiary/aromatic N) is 1. The third-order valence-corrected chi connectivity index (χ3v) is 2.77. The van der Waals surface area contributed by atoms with Gasteiger partial charge in [-0.15, -0.1) is 0 Å². The number of hydrogen-bond acceptors (Lipinski definition) is 4. The molecule has 18 heavy (non-hydrogen) atoms. The van der Waals surface area contributed by atoms with Crippen LogP contribution in [0, 0.1) is 0 Å². The standard InChI is InChI=1S/C14H17NO3/c1-17-6-7-18-10-14(16)13-9-15-8-11-4-2-3-5-12(11)13/h2-5,8-9,14,16H,6-7,10H2,1H3. The minimum atomic E-state index is -0.666. The molecule has 2 rings (SSSR count). The Morgan fingerprint density at radius 3 is 2.89 bits per heavy atom. The molecule has 4 heteroatoms. The fourth-order valence-electron chi connectivity index (χ4n) is 1.83. The molecule has 0 radical (unpaired) electrons. The third-order valence-electron chi connectivity index (χ3n) is 2.77. The van der Waals surface area contributed by atoms with E-state index in [0.717, 1.165) is 16.3 Å². The lowest BCUT2D eigenvalue weighted by Crippen LogP contribution is -2.11. The first-order valence-electron chi connectivity index (χ1n) is 5.90. The van der Waals surface area contributed by atoms with Gasteiger partial charge in [-0.05, 0) is 5.39 Å². The molecular weight excluding hydrogens is 230 g/mol. The van der Waals surface area contributed by atoms with E-state index < -0.39 is 6.10 Å². The van der Waals surface area contributed by atoms with Crippen molar-refractivity contribution in [2.45, 2.75) is 6.10 Å². The number of benzene rings is 1. The van der Waals surface area contributed by atoms with Crippen molar-refractivity contribution in [1.29, 1.82) is 0 Å². The lowest BCUT2D eigenvalue weighted by molar-refractivity contribution is 0.0130. The van der Waals surface area contributed by atoms with Crippen LogP contribution in [0.2, 0.25) is 0 Å². The number of methoxy groups -OCH3 is 1. The number of pyridine rings is 1. The molecule has 0 amide bonds. The summed E-state index contributed by atoms with van der Waals surface area (Å²) in [4.78, 5) is 4.14. The minimum absolute atomic E-state index is 0.249. The molecule has 1 aromatic heterocycles. The van der Waals surface area contributed by atoms with Crippen LogP contribution in [-0.2, 0) is 9.47 Å². The Morgan fingerprint density at radius 1 is 1.22 bits per heavy atom. The Morgan fingerprint density at radius 2 is 2.06 bits per heavy atom. The SMILES string of the molecule is COCCOCC(O)c1cncc2ccccc12. The van der Waals surface area contributed by atoms with Crippen molar-refractivity contribution in [3.05, 3.63) is 42.2 Å². The Balaban J connectivity index is 2.10. The van der Waals surface area contributed by atoms with E-state index in [9.17, 15) is 5.11 Å². The van der Waals surface area contributed by atoms with E-state index in [1.54, 1.807) is 19.5 Å². The van der Waals surface area contributed by atoms with Crippen LogP contribution >= 0.6 is 0 Å². The Bertz CT molecular complexity index is 496. The van der Waals surface area contributed by atoms with Gasteiger partial charge < -0.3 is 14.6 Å². The summed E-state index contributed by atoms with van der Waals surface area (Å²) in [6.45, 7) is 1.26. The van der Waals surface area contributed by atoms with Crippen molar-refractivity contribution in [1.82, 2.24) is 4.98 Å². The van der Waals surface area contributed by atoms with Gasteiger partial charge in [-0.3, -0.25) is 4.98 Å². The summed E-state index contributed by atoms with van der Waals surface area (Å²) in [5, 5.41) is 12.1. The summed E-state index contributed by atoms with van der Waals surface area (Å²) in [7, 11) is 1.62. The molecule has 0 aliphatic heterocycles. The fourth-order valence-corrected chi connectivity index (χ4v) is 1.83. The topological polar surface area (TPSA) is 51.6 Å². The van der Waals surface area contributed by atoms with Crippen LogP contribution in [0.5, 0.6) is 0 Å². The largest absolute Gasteiger partial charge is 0.386 e. The Kier molecular flexibility index (Phi) is 4.64. The van der Waals surface area contributed by atoms with E-state index in [4.69, 9.17) is 9.47 Å². The van der Waals surface area contributed by atoms with Gasteiger partial charge in [0, 0.05) is 30.5 Å². The van der Waals surface area contributed by atoms with E-state index in [1.807, 2.05) is 24.3 Å². The van der Waals surface area contributed by atoms with Gasteiger partial charge in [0.15, 0.2) is 0 Å². The van der Waals surface area contributed by atoms with Gasteiger partial charge in [0.2, 0.25) is 0 Å². The van der Waals surface area contributed by atoms with Gasteiger partial charge in [0.1, 0.15) is 6.10 Å². The van der Waals surface area contributed by atoms with E-state index in [-0.39, 0.29) is 6.61 Å². The van der Waals surface area contributed by atoms with Crippen molar-refractivity contribution >= 4 is 10.8 Å². The molecule has 0 saturated heterocycles. The van der Waals surface area contributed by atoms with Crippen molar-refractivity contribution in [3.8, 4) is 0 Å². The summed E-state index contributed by atoms with van der Waals surface area (Å²) in [5.41, 5.74) is 0.797. The maximum absolute atomic E-state index is 10.1. The van der Waals surface area contributed by atoms with Crippen LogP contribution in [0.1, 0.15) is 11.7 Å². The van der Waals surface area contributed by atoms with Crippen LogP contribution in [0.4, 0.5) is 0 Å². The highest BCUT2D eigenvalue weighted by Gasteiger charge is 2.11. The summed E-state index contributed by atoms with van der Waals surface area (Å²) in [5.74, 6) is 0. The highest BCUT2D eigenvalue weighted by molar-refractivity contribution is 5.84. The Hall–Kier alpha value is -1.49. The number of rotatable bonds is 6. The predicted molar refractivity (Wildman–Crippen MR) is 69.4 cm³/mol. The molecule has 1 atom stereocenters. The monoisotopic (exact) mass is 247 g/mol. The average molecular weight is 247 g/mol. The van der Waals surface area contributed by atoms with E-state index in [2.05, 4.69) is 4.98 Å². The maximum Gasteiger partial charge on any atom is 0.104 e. The average Bonchev–Trinajstić information content (AvgIpc) is 2.43. The summed E-state index contributed by atoms with van der Waals surface area (Å²) < 4.78 is 10.2. The molecule has 1 unspecified atom stereocenters. The van der Waals surface area contributed by atoms with Crippen LogP contribution in [0.15, 0.2) is 36.7 Å². The van der Waals surface area contributed by atoms with Crippen molar-refractivity contribution in [3.63, 3.8) is 0 Å². The van der Waals surface area contributed by atoms with Crippen LogP contribution < -0.4 is 0 Å². The first-order valence-corrected chi connectivity index (χ1v) is 5.90. The molecule has 0 saturated carbocycles. The van der Waals surface area contributed by atoms with Gasteiger partial charge in [-0.2, -0.15) is 0 Å². The predicted octanol–water partition coefficient (Wildman–Crippen LogP) is 1.93. The second-order valence-electron chi connectivity index (χ2n) is 4.03. The molecule has 96 valence electrons. The van der Waals surface area contributed by atoms with Crippen molar-refractivity contribution < 1.29 is 14.6 Å². The molecule has 4 nitrogen and oxygen atoms in total. The second kappa shape index (κ2) is 6.44. The molecule has 0 spiro atoms. The first-order chi connectivity index (χ1) is 8.83. The molecule has 1 aromatic carbocycles.